The maximum Gasteiger partial charge on any atom is 0.0919 e. The average Bonchev–Trinajstić information content (AvgIpc) is 2.01. The predicted molar refractivity (Wildman–Crippen MR) is 59.4 cm³/mol. The van der Waals surface area contributed by atoms with Crippen molar-refractivity contribution in [3.63, 3.8) is 0 Å². The summed E-state index contributed by atoms with van der Waals surface area (Å²) in [5, 5.41) is 9.92. The van der Waals surface area contributed by atoms with Crippen LogP contribution in [0, 0.1) is 13.8 Å². The summed E-state index contributed by atoms with van der Waals surface area (Å²) in [5.41, 5.74) is 3.44. The number of aliphatic hydroxyl groups is 1. The zero-order valence-corrected chi connectivity index (χ0v) is 9.41. The molecule has 1 aromatic rings. The number of hydrogen-bond acceptors (Lipinski definition) is 2. The Kier molecular flexibility index (Phi) is 3.67. The van der Waals surface area contributed by atoms with Crippen molar-refractivity contribution in [3.05, 3.63) is 34.9 Å². The summed E-state index contributed by atoms with van der Waals surface area (Å²) in [7, 11) is 3.93. The summed E-state index contributed by atoms with van der Waals surface area (Å²) >= 11 is 0. The number of aryl methyl sites for hydroxylation is 2. The lowest BCUT2D eigenvalue weighted by atomic mass is 10.0. The highest BCUT2D eigenvalue weighted by Gasteiger charge is 2.10. The third-order valence-electron chi connectivity index (χ3n) is 2.32. The van der Waals surface area contributed by atoms with E-state index < -0.39 is 0 Å². The molecule has 1 rings (SSSR count). The largest absolute Gasteiger partial charge is 0.387 e. The molecule has 0 radical (unpaired) electrons. The lowest BCUT2D eigenvalue weighted by Gasteiger charge is -2.18. The first-order chi connectivity index (χ1) is 6.50. The third-order valence-corrected chi connectivity index (χ3v) is 2.32. The van der Waals surface area contributed by atoms with Gasteiger partial charge in [-0.2, -0.15) is 0 Å². The molecule has 0 saturated heterocycles. The quantitative estimate of drug-likeness (QED) is 0.792. The molecular weight excluding hydrogens is 174 g/mol. The van der Waals surface area contributed by atoms with Crippen LogP contribution < -0.4 is 0 Å². The maximum absolute atomic E-state index is 9.92. The molecule has 2 heteroatoms. The van der Waals surface area contributed by atoms with Gasteiger partial charge in [-0.15, -0.1) is 0 Å². The molecule has 1 unspecified atom stereocenters. The number of aliphatic hydroxyl groups excluding tert-OH is 1. The first-order valence-electron chi connectivity index (χ1n) is 4.90. The van der Waals surface area contributed by atoms with Crippen LogP contribution in [0.4, 0.5) is 0 Å². The fraction of sp³-hybridized carbons (Fsp3) is 0.500. The number of rotatable bonds is 3. The standard InChI is InChI=1S/C12H19NO/c1-9-5-6-11(10(2)7-9)12(14)8-13(3)4/h5-7,12,14H,8H2,1-4H3. The predicted octanol–water partition coefficient (Wildman–Crippen LogP) is 1.90. The molecule has 1 N–H and O–H groups in total. The van der Waals surface area contributed by atoms with Crippen LogP contribution in [0.1, 0.15) is 22.8 Å². The summed E-state index contributed by atoms with van der Waals surface area (Å²) < 4.78 is 0. The molecular formula is C12H19NO. The molecule has 0 aliphatic carbocycles. The molecule has 78 valence electrons. The molecule has 0 fully saturated rings. The summed E-state index contributed by atoms with van der Waals surface area (Å²) in [6.45, 7) is 4.78. The fourth-order valence-electron chi connectivity index (χ4n) is 1.64. The Hall–Kier alpha value is -0.860. The summed E-state index contributed by atoms with van der Waals surface area (Å²) in [6.07, 6.45) is -0.384. The normalized spacial score (nSPS) is 13.3. The van der Waals surface area contributed by atoms with Crippen molar-refractivity contribution in [2.75, 3.05) is 20.6 Å². The van der Waals surface area contributed by atoms with E-state index >= 15 is 0 Å². The van der Waals surface area contributed by atoms with Gasteiger partial charge in [0.25, 0.3) is 0 Å². The van der Waals surface area contributed by atoms with Crippen molar-refractivity contribution in [1.29, 1.82) is 0 Å². The molecule has 0 amide bonds. The first-order valence-corrected chi connectivity index (χ1v) is 4.90. The smallest absolute Gasteiger partial charge is 0.0919 e. The number of benzene rings is 1. The molecule has 0 aliphatic heterocycles. The van der Waals surface area contributed by atoms with Crippen LogP contribution in [0.25, 0.3) is 0 Å². The molecule has 0 saturated carbocycles. The molecule has 0 spiro atoms. The lowest BCUT2D eigenvalue weighted by Crippen LogP contribution is -2.20. The highest BCUT2D eigenvalue weighted by atomic mass is 16.3. The molecule has 0 aliphatic rings. The third kappa shape index (κ3) is 2.82. The highest BCUT2D eigenvalue weighted by Crippen LogP contribution is 2.19. The van der Waals surface area contributed by atoms with Crippen LogP contribution in [-0.2, 0) is 0 Å². The number of likely N-dealkylation sites (N-methyl/N-ethyl adjacent to an activating group) is 1. The van der Waals surface area contributed by atoms with Crippen molar-refractivity contribution < 1.29 is 5.11 Å². The van der Waals surface area contributed by atoms with E-state index in [1.807, 2.05) is 38.1 Å². The average molecular weight is 193 g/mol. The van der Waals surface area contributed by atoms with Crippen molar-refractivity contribution in [1.82, 2.24) is 4.90 Å². The van der Waals surface area contributed by atoms with Crippen molar-refractivity contribution in [2.24, 2.45) is 0 Å². The monoisotopic (exact) mass is 193 g/mol. The Morgan fingerprint density at radius 2 is 1.93 bits per heavy atom. The van der Waals surface area contributed by atoms with Gasteiger partial charge in [-0.25, -0.2) is 0 Å². The van der Waals surface area contributed by atoms with E-state index in [2.05, 4.69) is 13.0 Å². The van der Waals surface area contributed by atoms with Gasteiger partial charge in [-0.05, 0) is 39.1 Å². The van der Waals surface area contributed by atoms with Gasteiger partial charge in [0.15, 0.2) is 0 Å². The molecule has 14 heavy (non-hydrogen) atoms. The van der Waals surface area contributed by atoms with Crippen molar-refractivity contribution in [2.45, 2.75) is 20.0 Å². The van der Waals surface area contributed by atoms with Crippen LogP contribution in [0.2, 0.25) is 0 Å². The van der Waals surface area contributed by atoms with Crippen LogP contribution in [-0.4, -0.2) is 30.6 Å². The van der Waals surface area contributed by atoms with Gasteiger partial charge in [0.2, 0.25) is 0 Å². The Morgan fingerprint density at radius 1 is 1.29 bits per heavy atom. The van der Waals surface area contributed by atoms with Crippen LogP contribution in [0.15, 0.2) is 18.2 Å². The Morgan fingerprint density at radius 3 is 2.43 bits per heavy atom. The van der Waals surface area contributed by atoms with Gasteiger partial charge < -0.3 is 10.0 Å². The fourth-order valence-corrected chi connectivity index (χ4v) is 1.64. The van der Waals surface area contributed by atoms with E-state index in [4.69, 9.17) is 0 Å². The number of hydrogen-bond donors (Lipinski definition) is 1. The summed E-state index contributed by atoms with van der Waals surface area (Å²) in [5.74, 6) is 0. The second kappa shape index (κ2) is 4.58. The minimum atomic E-state index is -0.384. The van der Waals surface area contributed by atoms with E-state index in [1.165, 1.54) is 11.1 Å². The molecule has 0 aromatic heterocycles. The van der Waals surface area contributed by atoms with Crippen LogP contribution >= 0.6 is 0 Å². The van der Waals surface area contributed by atoms with Gasteiger partial charge in [0, 0.05) is 6.54 Å². The van der Waals surface area contributed by atoms with Crippen molar-refractivity contribution in [3.8, 4) is 0 Å². The number of nitrogens with zero attached hydrogens (tertiary/aromatic N) is 1. The van der Waals surface area contributed by atoms with Gasteiger partial charge in [0.1, 0.15) is 0 Å². The molecule has 0 bridgehead atoms. The topological polar surface area (TPSA) is 23.5 Å². The highest BCUT2D eigenvalue weighted by molar-refractivity contribution is 5.32. The Balaban J connectivity index is 2.84. The van der Waals surface area contributed by atoms with E-state index in [-0.39, 0.29) is 6.10 Å². The van der Waals surface area contributed by atoms with E-state index in [0.717, 1.165) is 5.56 Å². The van der Waals surface area contributed by atoms with Gasteiger partial charge >= 0.3 is 0 Å². The van der Waals surface area contributed by atoms with E-state index in [0.29, 0.717) is 6.54 Å². The second-order valence-corrected chi connectivity index (χ2v) is 4.14. The molecule has 1 atom stereocenters. The first kappa shape index (κ1) is 11.2. The SMILES string of the molecule is Cc1ccc(C(O)CN(C)C)c(C)c1. The maximum atomic E-state index is 9.92. The second-order valence-electron chi connectivity index (χ2n) is 4.14. The lowest BCUT2D eigenvalue weighted by molar-refractivity contribution is 0.138. The van der Waals surface area contributed by atoms with Crippen LogP contribution in [0.5, 0.6) is 0 Å². The van der Waals surface area contributed by atoms with Crippen molar-refractivity contribution >= 4 is 0 Å². The molecule has 0 heterocycles. The van der Waals surface area contributed by atoms with Gasteiger partial charge in [-0.3, -0.25) is 0 Å². The van der Waals surface area contributed by atoms with Gasteiger partial charge in [0.05, 0.1) is 6.10 Å². The minimum absolute atomic E-state index is 0.384. The van der Waals surface area contributed by atoms with Gasteiger partial charge in [-0.1, -0.05) is 23.8 Å². The summed E-state index contributed by atoms with van der Waals surface area (Å²) in [6, 6.07) is 6.16. The van der Waals surface area contributed by atoms with E-state index in [9.17, 15) is 5.11 Å². The van der Waals surface area contributed by atoms with Crippen LogP contribution in [0.3, 0.4) is 0 Å². The minimum Gasteiger partial charge on any atom is -0.387 e. The molecule has 1 aromatic carbocycles. The Labute approximate surface area is 86.2 Å². The zero-order valence-electron chi connectivity index (χ0n) is 9.41. The van der Waals surface area contributed by atoms with E-state index in [1.54, 1.807) is 0 Å². The zero-order chi connectivity index (χ0) is 10.7. The Bertz CT molecular complexity index is 307. The molecule has 2 nitrogen and oxygen atoms in total. The summed E-state index contributed by atoms with van der Waals surface area (Å²) in [4.78, 5) is 1.99.